The number of azide groups is 1. The summed E-state index contributed by atoms with van der Waals surface area (Å²) in [6.07, 6.45) is 1.20. The molecule has 0 aliphatic carbocycles. The zero-order chi connectivity index (χ0) is 24.0. The fourth-order valence-electron chi connectivity index (χ4n) is 3.59. The molecule has 168 valence electrons. The predicted molar refractivity (Wildman–Crippen MR) is 124 cm³/mol. The lowest BCUT2D eigenvalue weighted by molar-refractivity contribution is -0.132. The fraction of sp³-hybridized carbons (Fsp3) is 0.261. The lowest BCUT2D eigenvalue weighted by atomic mass is 10.0. The molecule has 10 heteroatoms. The average Bonchev–Trinajstić information content (AvgIpc) is 2.82. The summed E-state index contributed by atoms with van der Waals surface area (Å²) in [7, 11) is 0. The van der Waals surface area contributed by atoms with Crippen molar-refractivity contribution in [3.63, 3.8) is 0 Å². The maximum atomic E-state index is 12.8. The number of rotatable bonds is 7. The van der Waals surface area contributed by atoms with E-state index in [0.29, 0.717) is 11.3 Å². The normalized spacial score (nSPS) is 12.9. The van der Waals surface area contributed by atoms with Gasteiger partial charge in [-0.3, -0.25) is 0 Å². The number of aliphatic carboxylic acids is 1. The van der Waals surface area contributed by atoms with Gasteiger partial charge in [-0.15, -0.1) is 0 Å². The van der Waals surface area contributed by atoms with Crippen molar-refractivity contribution in [1.82, 2.24) is 0 Å². The quantitative estimate of drug-likeness (QED) is 0.125. The van der Waals surface area contributed by atoms with E-state index in [1.54, 1.807) is 18.2 Å². The molecular weight excluding hydrogens is 424 g/mol. The van der Waals surface area contributed by atoms with Gasteiger partial charge in [-0.2, -0.15) is 5.26 Å². The molecule has 33 heavy (non-hydrogen) atoms. The van der Waals surface area contributed by atoms with Gasteiger partial charge in [0.25, 0.3) is 0 Å². The van der Waals surface area contributed by atoms with Gasteiger partial charge in [0.2, 0.25) is 0 Å². The fourth-order valence-corrected chi connectivity index (χ4v) is 3.59. The first kappa shape index (κ1) is 23.2. The zero-order valence-corrected chi connectivity index (χ0v) is 18.2. The molecule has 0 atom stereocenters. The number of ether oxygens (including phenoxy) is 1. The van der Waals surface area contributed by atoms with Crippen molar-refractivity contribution in [3.8, 4) is 11.8 Å². The summed E-state index contributed by atoms with van der Waals surface area (Å²) in [5.74, 6) is -1.90. The number of nitrogens with zero attached hydrogens (tertiary/aromatic N) is 6. The number of hydrogen-bond donors (Lipinski definition) is 1. The summed E-state index contributed by atoms with van der Waals surface area (Å²) in [5.41, 5.74) is 10.7. The molecule has 10 nitrogen and oxygen atoms in total. The standard InChI is InChI=1S/C23H22N6O4/c1-3-28-9-10-29(4-2)20-13-21(16(12-19(20)28)11-17(14-24)22(30)31)33-23(32)15-5-7-18(8-6-15)26-27-25/h5-8,11-13H,3-4,9-10H2,1-2H3,(H,30,31)/b17-11+. The number of esters is 1. The Balaban J connectivity index is 2.09. The third-order valence-corrected chi connectivity index (χ3v) is 5.31. The molecule has 0 radical (unpaired) electrons. The van der Waals surface area contributed by atoms with Crippen LogP contribution in [0.3, 0.4) is 0 Å². The molecular formula is C23H22N6O4. The van der Waals surface area contributed by atoms with Crippen molar-refractivity contribution in [2.24, 2.45) is 5.11 Å². The molecule has 0 spiro atoms. The van der Waals surface area contributed by atoms with Gasteiger partial charge in [-0.1, -0.05) is 17.2 Å². The first-order chi connectivity index (χ1) is 15.9. The highest BCUT2D eigenvalue weighted by Crippen LogP contribution is 2.39. The number of carboxylic acid groups (broad SMARTS) is 1. The minimum atomic E-state index is -1.37. The van der Waals surface area contributed by atoms with Crippen LogP contribution in [0, 0.1) is 11.3 Å². The van der Waals surface area contributed by atoms with Crippen molar-refractivity contribution in [1.29, 1.82) is 5.26 Å². The molecule has 1 aliphatic rings. The van der Waals surface area contributed by atoms with Crippen molar-refractivity contribution < 1.29 is 19.4 Å². The Hall–Kier alpha value is -4.48. The Morgan fingerprint density at radius 2 is 1.79 bits per heavy atom. The van der Waals surface area contributed by atoms with Gasteiger partial charge >= 0.3 is 11.9 Å². The third-order valence-electron chi connectivity index (χ3n) is 5.31. The number of carbonyl (C=O) groups excluding carboxylic acids is 1. The number of nitriles is 1. The van der Waals surface area contributed by atoms with Crippen molar-refractivity contribution >= 4 is 35.1 Å². The molecule has 1 heterocycles. The summed E-state index contributed by atoms with van der Waals surface area (Å²) >= 11 is 0. The van der Waals surface area contributed by atoms with E-state index in [0.717, 1.165) is 37.6 Å². The van der Waals surface area contributed by atoms with E-state index in [1.165, 1.54) is 30.3 Å². The molecule has 3 rings (SSSR count). The van der Waals surface area contributed by atoms with Crippen LogP contribution in [-0.2, 0) is 4.79 Å². The van der Waals surface area contributed by atoms with Gasteiger partial charge in [0.05, 0.1) is 16.9 Å². The predicted octanol–water partition coefficient (Wildman–Crippen LogP) is 4.51. The summed E-state index contributed by atoms with van der Waals surface area (Å²) in [5, 5.41) is 22.0. The van der Waals surface area contributed by atoms with Crippen molar-refractivity contribution in [2.45, 2.75) is 13.8 Å². The van der Waals surface area contributed by atoms with Crippen molar-refractivity contribution in [2.75, 3.05) is 36.0 Å². The van der Waals surface area contributed by atoms with Gasteiger partial charge in [-0.25, -0.2) is 9.59 Å². The topological polar surface area (TPSA) is 143 Å². The zero-order valence-electron chi connectivity index (χ0n) is 18.2. The number of hydrogen-bond acceptors (Lipinski definition) is 7. The second kappa shape index (κ2) is 10.2. The van der Waals surface area contributed by atoms with E-state index in [1.807, 2.05) is 13.8 Å². The van der Waals surface area contributed by atoms with Crippen LogP contribution >= 0.6 is 0 Å². The molecule has 0 fully saturated rings. The minimum absolute atomic E-state index is 0.142. The van der Waals surface area contributed by atoms with Gasteiger partial charge < -0.3 is 19.6 Å². The molecule has 1 N–H and O–H groups in total. The van der Waals surface area contributed by atoms with Crippen LogP contribution in [0.2, 0.25) is 0 Å². The molecule has 1 aliphatic heterocycles. The SMILES string of the molecule is CCN1CCN(CC)c2cc(OC(=O)c3ccc(N=[N+]=[N-])cc3)c(/C=C(\C#N)C(=O)O)cc21. The Morgan fingerprint density at radius 1 is 1.18 bits per heavy atom. The summed E-state index contributed by atoms with van der Waals surface area (Å²) in [4.78, 5) is 31.2. The van der Waals surface area contributed by atoms with E-state index in [4.69, 9.17) is 10.3 Å². The first-order valence-corrected chi connectivity index (χ1v) is 10.3. The van der Waals surface area contributed by atoms with Crippen LogP contribution < -0.4 is 14.5 Å². The average molecular weight is 446 g/mol. The Bertz CT molecular complexity index is 1190. The van der Waals surface area contributed by atoms with E-state index in [2.05, 4.69) is 19.8 Å². The van der Waals surface area contributed by atoms with Gasteiger partial charge in [-0.05, 0) is 43.7 Å². The lowest BCUT2D eigenvalue weighted by Crippen LogP contribution is -2.41. The van der Waals surface area contributed by atoms with E-state index in [9.17, 15) is 20.0 Å². The monoisotopic (exact) mass is 446 g/mol. The van der Waals surface area contributed by atoms with E-state index >= 15 is 0 Å². The largest absolute Gasteiger partial charge is 0.477 e. The lowest BCUT2D eigenvalue weighted by Gasteiger charge is -2.38. The molecule has 0 aromatic heterocycles. The molecule has 2 aromatic rings. The molecule has 0 unspecified atom stereocenters. The summed E-state index contributed by atoms with van der Waals surface area (Å²) in [6, 6.07) is 11.0. The number of fused-ring (bicyclic) bond motifs is 1. The number of benzene rings is 2. The summed E-state index contributed by atoms with van der Waals surface area (Å²) < 4.78 is 5.65. The van der Waals surface area contributed by atoms with Gasteiger partial charge in [0.15, 0.2) is 0 Å². The molecule has 2 aromatic carbocycles. The van der Waals surface area contributed by atoms with Crippen LogP contribution in [0.25, 0.3) is 16.5 Å². The highest BCUT2D eigenvalue weighted by Gasteiger charge is 2.24. The van der Waals surface area contributed by atoms with E-state index < -0.39 is 17.5 Å². The highest BCUT2D eigenvalue weighted by atomic mass is 16.5. The number of carboxylic acids is 1. The van der Waals surface area contributed by atoms with Crippen molar-refractivity contribution in [3.05, 3.63) is 63.5 Å². The molecule has 0 saturated heterocycles. The summed E-state index contributed by atoms with van der Waals surface area (Å²) in [6.45, 7) is 7.11. The number of likely N-dealkylation sites (N-methyl/N-ethyl adjacent to an activating group) is 2. The highest BCUT2D eigenvalue weighted by molar-refractivity contribution is 5.98. The van der Waals surface area contributed by atoms with Crippen LogP contribution in [0.5, 0.6) is 5.75 Å². The molecule has 0 amide bonds. The molecule has 0 bridgehead atoms. The minimum Gasteiger partial charge on any atom is -0.477 e. The maximum Gasteiger partial charge on any atom is 0.346 e. The first-order valence-electron chi connectivity index (χ1n) is 10.3. The smallest absolute Gasteiger partial charge is 0.346 e. The van der Waals surface area contributed by atoms with Gasteiger partial charge in [0, 0.05) is 48.4 Å². The van der Waals surface area contributed by atoms with Crippen LogP contribution in [-0.4, -0.2) is 43.2 Å². The number of carbonyl (C=O) groups is 2. The second-order valence-electron chi connectivity index (χ2n) is 7.14. The van der Waals surface area contributed by atoms with Crippen LogP contribution in [0.4, 0.5) is 17.1 Å². The Kier molecular flexibility index (Phi) is 7.18. The van der Waals surface area contributed by atoms with E-state index in [-0.39, 0.29) is 11.3 Å². The second-order valence-corrected chi connectivity index (χ2v) is 7.14. The third kappa shape index (κ3) is 5.06. The molecule has 0 saturated carbocycles. The van der Waals surface area contributed by atoms with Crippen LogP contribution in [0.1, 0.15) is 29.8 Å². The Morgan fingerprint density at radius 3 is 2.30 bits per heavy atom. The van der Waals surface area contributed by atoms with Crippen LogP contribution in [0.15, 0.2) is 47.1 Å². The Labute approximate surface area is 190 Å². The number of anilines is 2. The van der Waals surface area contributed by atoms with Gasteiger partial charge in [0.1, 0.15) is 17.4 Å². The maximum absolute atomic E-state index is 12.8.